The van der Waals surface area contributed by atoms with Crippen LogP contribution in [-0.2, 0) is 10.0 Å². The van der Waals surface area contributed by atoms with Gasteiger partial charge in [-0.3, -0.25) is 9.52 Å². The number of hydrogen-bond acceptors (Lipinski definition) is 6. The lowest BCUT2D eigenvalue weighted by Crippen LogP contribution is -2.17. The maximum Gasteiger partial charge on any atom is 0.277 e. The molecule has 0 aliphatic carbocycles. The molecule has 8 nitrogen and oxygen atoms in total. The molecule has 9 heteroatoms. The number of carbonyl (C=O) groups excluding carboxylic acids is 1. The zero-order valence-electron chi connectivity index (χ0n) is 18.8. The fourth-order valence-electron chi connectivity index (χ4n) is 3.42. The summed E-state index contributed by atoms with van der Waals surface area (Å²) in [5.41, 5.74) is 3.12. The Kier molecular flexibility index (Phi) is 6.38. The molecule has 0 unspecified atom stereocenters. The zero-order chi connectivity index (χ0) is 24.3. The van der Waals surface area contributed by atoms with E-state index in [1.54, 1.807) is 6.07 Å². The lowest BCUT2D eigenvalue weighted by Gasteiger charge is -2.16. The number of oxazole rings is 1. The zero-order valence-corrected chi connectivity index (χ0v) is 19.6. The van der Waals surface area contributed by atoms with E-state index < -0.39 is 15.9 Å². The number of anilines is 2. The Labute approximate surface area is 197 Å². The molecule has 3 aromatic carbocycles. The van der Waals surface area contributed by atoms with Gasteiger partial charge in [0.05, 0.1) is 12.8 Å². The Morgan fingerprint density at radius 3 is 2.35 bits per heavy atom. The Bertz CT molecular complexity index is 1430. The molecule has 0 bridgehead atoms. The number of amides is 1. The lowest BCUT2D eigenvalue weighted by atomic mass is 10.1. The van der Waals surface area contributed by atoms with Crippen molar-refractivity contribution in [2.45, 2.75) is 18.7 Å². The lowest BCUT2D eigenvalue weighted by molar-refractivity contribution is 0.102. The van der Waals surface area contributed by atoms with Crippen LogP contribution in [0, 0.1) is 13.8 Å². The summed E-state index contributed by atoms with van der Waals surface area (Å²) < 4.78 is 39.8. The SMILES string of the molecule is COc1ccc(NC(=O)c2coc(-c3ccccc3)n2)cc1S(=O)(=O)Nc1c(C)cccc1C. The second kappa shape index (κ2) is 9.40. The number of aryl methyl sites for hydroxylation is 2. The van der Waals surface area contributed by atoms with Gasteiger partial charge in [-0.05, 0) is 55.3 Å². The molecule has 1 aromatic heterocycles. The van der Waals surface area contributed by atoms with Crippen molar-refractivity contribution in [2.24, 2.45) is 0 Å². The van der Waals surface area contributed by atoms with Crippen LogP contribution in [0.15, 0.2) is 82.3 Å². The molecule has 0 radical (unpaired) electrons. The molecule has 0 atom stereocenters. The van der Waals surface area contributed by atoms with Crippen LogP contribution in [0.5, 0.6) is 5.75 Å². The number of nitrogens with zero attached hydrogens (tertiary/aromatic N) is 1. The average Bonchev–Trinajstić information content (AvgIpc) is 3.33. The van der Waals surface area contributed by atoms with Gasteiger partial charge in [-0.1, -0.05) is 36.4 Å². The normalized spacial score (nSPS) is 11.1. The molecule has 0 saturated heterocycles. The van der Waals surface area contributed by atoms with Gasteiger partial charge >= 0.3 is 0 Å². The fraction of sp³-hybridized carbons (Fsp3) is 0.120. The van der Waals surface area contributed by atoms with E-state index in [4.69, 9.17) is 9.15 Å². The molecule has 1 heterocycles. The van der Waals surface area contributed by atoms with E-state index in [2.05, 4.69) is 15.0 Å². The molecule has 0 saturated carbocycles. The summed E-state index contributed by atoms with van der Waals surface area (Å²) in [5, 5.41) is 2.66. The Balaban J connectivity index is 1.60. The first-order valence-electron chi connectivity index (χ1n) is 10.4. The van der Waals surface area contributed by atoms with E-state index in [0.29, 0.717) is 11.6 Å². The molecule has 34 heavy (non-hydrogen) atoms. The van der Waals surface area contributed by atoms with Crippen molar-refractivity contribution in [3.8, 4) is 17.2 Å². The quantitative estimate of drug-likeness (QED) is 0.387. The highest BCUT2D eigenvalue weighted by Gasteiger charge is 2.23. The van der Waals surface area contributed by atoms with E-state index in [0.717, 1.165) is 16.7 Å². The minimum atomic E-state index is -4.02. The smallest absolute Gasteiger partial charge is 0.277 e. The summed E-state index contributed by atoms with van der Waals surface area (Å²) in [7, 11) is -2.64. The van der Waals surface area contributed by atoms with Crippen LogP contribution >= 0.6 is 0 Å². The Morgan fingerprint density at radius 1 is 0.971 bits per heavy atom. The first kappa shape index (κ1) is 23.1. The summed E-state index contributed by atoms with van der Waals surface area (Å²) in [4.78, 5) is 16.8. The number of nitrogens with one attached hydrogen (secondary N) is 2. The topological polar surface area (TPSA) is 111 Å². The van der Waals surface area contributed by atoms with Crippen LogP contribution in [0.3, 0.4) is 0 Å². The van der Waals surface area contributed by atoms with E-state index in [1.807, 2.05) is 62.4 Å². The first-order valence-corrected chi connectivity index (χ1v) is 11.9. The van der Waals surface area contributed by atoms with Gasteiger partial charge in [-0.25, -0.2) is 13.4 Å². The van der Waals surface area contributed by atoms with Crippen LogP contribution in [0.4, 0.5) is 11.4 Å². The van der Waals surface area contributed by atoms with Crippen molar-refractivity contribution < 1.29 is 22.4 Å². The molecule has 0 spiro atoms. The third-order valence-corrected chi connectivity index (χ3v) is 6.56. The Hall–Kier alpha value is -4.11. The number of rotatable bonds is 7. The van der Waals surface area contributed by atoms with E-state index >= 15 is 0 Å². The monoisotopic (exact) mass is 477 g/mol. The number of methoxy groups -OCH3 is 1. The first-order chi connectivity index (χ1) is 16.3. The highest BCUT2D eigenvalue weighted by atomic mass is 32.2. The number of ether oxygens (including phenoxy) is 1. The second-order valence-corrected chi connectivity index (χ2v) is 9.25. The van der Waals surface area contributed by atoms with Crippen molar-refractivity contribution >= 4 is 27.3 Å². The third kappa shape index (κ3) is 4.79. The third-order valence-electron chi connectivity index (χ3n) is 5.19. The second-order valence-electron chi connectivity index (χ2n) is 7.60. The standard InChI is InChI=1S/C25H23N3O5S/c1-16-8-7-9-17(2)23(16)28-34(30,31)22-14-19(12-13-21(22)32-3)26-24(29)20-15-33-25(27-20)18-10-5-4-6-11-18/h4-15,28H,1-3H3,(H,26,29). The molecule has 4 rings (SSSR count). The number of benzene rings is 3. The largest absolute Gasteiger partial charge is 0.495 e. The van der Waals surface area contributed by atoms with Crippen LogP contribution in [-0.4, -0.2) is 26.4 Å². The van der Waals surface area contributed by atoms with Gasteiger partial charge in [0, 0.05) is 11.3 Å². The van der Waals surface area contributed by atoms with Crippen LogP contribution < -0.4 is 14.8 Å². The van der Waals surface area contributed by atoms with Gasteiger partial charge in [0.2, 0.25) is 5.89 Å². The van der Waals surface area contributed by atoms with Gasteiger partial charge in [0.25, 0.3) is 15.9 Å². The van der Waals surface area contributed by atoms with Crippen molar-refractivity contribution in [1.29, 1.82) is 0 Å². The summed E-state index contributed by atoms with van der Waals surface area (Å²) in [6.45, 7) is 3.64. The number of aromatic nitrogens is 1. The number of sulfonamides is 1. The molecule has 1 amide bonds. The minimum Gasteiger partial charge on any atom is -0.495 e. The minimum absolute atomic E-state index is 0.0627. The molecule has 0 aliphatic heterocycles. The van der Waals surface area contributed by atoms with Crippen molar-refractivity contribution in [1.82, 2.24) is 4.98 Å². The van der Waals surface area contributed by atoms with E-state index in [9.17, 15) is 13.2 Å². The fourth-order valence-corrected chi connectivity index (χ4v) is 4.81. The van der Waals surface area contributed by atoms with Crippen LogP contribution in [0.25, 0.3) is 11.5 Å². The van der Waals surface area contributed by atoms with Crippen LogP contribution in [0.1, 0.15) is 21.6 Å². The van der Waals surface area contributed by atoms with Gasteiger partial charge in [0.1, 0.15) is 16.9 Å². The van der Waals surface area contributed by atoms with E-state index in [-0.39, 0.29) is 22.0 Å². The van der Waals surface area contributed by atoms with Gasteiger partial charge < -0.3 is 14.5 Å². The summed E-state index contributed by atoms with van der Waals surface area (Å²) in [6.07, 6.45) is 1.25. The van der Waals surface area contributed by atoms with Crippen molar-refractivity contribution in [2.75, 3.05) is 17.1 Å². The highest BCUT2D eigenvalue weighted by molar-refractivity contribution is 7.92. The predicted molar refractivity (Wildman–Crippen MR) is 130 cm³/mol. The molecule has 174 valence electrons. The van der Waals surface area contributed by atoms with Gasteiger partial charge in [-0.2, -0.15) is 0 Å². The van der Waals surface area contributed by atoms with Crippen molar-refractivity contribution in [3.05, 3.63) is 89.8 Å². The molecule has 0 aliphatic rings. The maximum absolute atomic E-state index is 13.2. The summed E-state index contributed by atoms with van der Waals surface area (Å²) in [6, 6.07) is 19.0. The molecule has 2 N–H and O–H groups in total. The maximum atomic E-state index is 13.2. The van der Waals surface area contributed by atoms with Crippen LogP contribution in [0.2, 0.25) is 0 Å². The van der Waals surface area contributed by atoms with Gasteiger partial charge in [0.15, 0.2) is 5.69 Å². The van der Waals surface area contributed by atoms with Gasteiger partial charge in [-0.15, -0.1) is 0 Å². The number of para-hydroxylation sites is 1. The number of carbonyl (C=O) groups is 1. The molecular weight excluding hydrogens is 454 g/mol. The molecular formula is C25H23N3O5S. The predicted octanol–water partition coefficient (Wildman–Crippen LogP) is 5.02. The van der Waals surface area contributed by atoms with Crippen molar-refractivity contribution in [3.63, 3.8) is 0 Å². The average molecular weight is 478 g/mol. The molecule has 0 fully saturated rings. The summed E-state index contributed by atoms with van der Waals surface area (Å²) >= 11 is 0. The highest BCUT2D eigenvalue weighted by Crippen LogP contribution is 2.31. The molecule has 4 aromatic rings. The van der Waals surface area contributed by atoms with E-state index in [1.165, 1.54) is 25.5 Å². The number of hydrogen-bond donors (Lipinski definition) is 2. The Morgan fingerprint density at radius 2 is 1.68 bits per heavy atom. The summed E-state index contributed by atoms with van der Waals surface area (Å²) in [5.74, 6) is -0.0896.